The number of nitrogens with one attached hydrogen (secondary N) is 1. The Bertz CT molecular complexity index is 758. The molecule has 2 aromatic heterocycles. The molecular formula is C17H21ClN4O2. The van der Waals surface area contributed by atoms with Gasteiger partial charge in [-0.3, -0.25) is 9.59 Å². The molecule has 6 nitrogen and oxygen atoms in total. The van der Waals surface area contributed by atoms with Gasteiger partial charge in [0.2, 0.25) is 11.8 Å². The van der Waals surface area contributed by atoms with Gasteiger partial charge in [0.1, 0.15) is 11.7 Å². The molecule has 1 atom stereocenters. The number of rotatable bonds is 4. The number of pyridine rings is 1. The number of carbonyl (C=O) groups is 2. The summed E-state index contributed by atoms with van der Waals surface area (Å²) in [6.07, 6.45) is 6.70. The van der Waals surface area contributed by atoms with Crippen LogP contribution in [0, 0.1) is 0 Å². The van der Waals surface area contributed by atoms with Gasteiger partial charge in [0.05, 0.1) is 17.3 Å². The lowest BCUT2D eigenvalue weighted by molar-refractivity contribution is -0.142. The number of amides is 2. The highest BCUT2D eigenvalue weighted by Crippen LogP contribution is 2.18. The molecule has 2 aromatic rings. The van der Waals surface area contributed by atoms with E-state index in [2.05, 4.69) is 10.3 Å². The van der Waals surface area contributed by atoms with Gasteiger partial charge in [-0.05, 0) is 31.4 Å². The first-order valence-electron chi connectivity index (χ1n) is 8.29. The molecule has 0 saturated carbocycles. The molecule has 0 aromatic carbocycles. The maximum atomic E-state index is 12.5. The summed E-state index contributed by atoms with van der Waals surface area (Å²) in [6.45, 7) is 2.83. The Balaban J connectivity index is 1.65. The molecule has 0 bridgehead atoms. The number of fused-ring (bicyclic) bond motifs is 1. The van der Waals surface area contributed by atoms with Crippen LogP contribution in [0.1, 0.15) is 38.3 Å². The smallest absolute Gasteiger partial charge is 0.243 e. The summed E-state index contributed by atoms with van der Waals surface area (Å²) in [5.41, 5.74) is 1.54. The third-order valence-electron chi connectivity index (χ3n) is 4.34. The molecule has 128 valence electrons. The van der Waals surface area contributed by atoms with E-state index in [4.69, 9.17) is 11.6 Å². The normalized spacial score (nSPS) is 17.9. The van der Waals surface area contributed by atoms with Gasteiger partial charge in [-0.25, -0.2) is 4.98 Å². The van der Waals surface area contributed by atoms with Crippen molar-refractivity contribution in [3.05, 3.63) is 35.2 Å². The molecule has 1 unspecified atom stereocenters. The quantitative estimate of drug-likeness (QED) is 0.922. The van der Waals surface area contributed by atoms with Crippen molar-refractivity contribution in [2.24, 2.45) is 0 Å². The minimum atomic E-state index is -0.363. The molecule has 1 aliphatic heterocycles. The number of halogens is 1. The van der Waals surface area contributed by atoms with Crippen molar-refractivity contribution in [2.75, 3.05) is 6.54 Å². The van der Waals surface area contributed by atoms with E-state index in [9.17, 15) is 9.59 Å². The highest BCUT2D eigenvalue weighted by Gasteiger charge is 2.31. The number of hydrogen-bond donors (Lipinski definition) is 1. The Labute approximate surface area is 145 Å². The standard InChI is InChI=1S/C17H21ClN4O2/c1-2-16(23)22-8-4-3-5-14(22)17(24)19-9-13-11-21-10-12(18)6-7-15(21)20-13/h6-7,10-11,14H,2-5,8-9H2,1H3,(H,19,24). The lowest BCUT2D eigenvalue weighted by Crippen LogP contribution is -2.51. The van der Waals surface area contributed by atoms with Crippen molar-refractivity contribution in [3.63, 3.8) is 0 Å². The van der Waals surface area contributed by atoms with Crippen LogP contribution < -0.4 is 5.32 Å². The maximum absolute atomic E-state index is 12.5. The SMILES string of the molecule is CCC(=O)N1CCCCC1C(=O)NCc1cn2cc(Cl)ccc2n1. The second-order valence-electron chi connectivity index (χ2n) is 6.02. The molecule has 7 heteroatoms. The van der Waals surface area contributed by atoms with Crippen LogP contribution in [0.5, 0.6) is 0 Å². The van der Waals surface area contributed by atoms with E-state index in [0.29, 0.717) is 24.5 Å². The lowest BCUT2D eigenvalue weighted by Gasteiger charge is -2.34. The predicted octanol–water partition coefficient (Wildman–Crippen LogP) is 2.40. The topological polar surface area (TPSA) is 66.7 Å². The Morgan fingerprint density at radius 1 is 1.33 bits per heavy atom. The minimum absolute atomic E-state index is 0.0391. The number of hydrogen-bond acceptors (Lipinski definition) is 3. The average molecular weight is 349 g/mol. The number of imidazole rings is 1. The first-order chi connectivity index (χ1) is 11.6. The second kappa shape index (κ2) is 7.21. The number of piperidine rings is 1. The summed E-state index contributed by atoms with van der Waals surface area (Å²) in [5, 5.41) is 3.54. The number of nitrogens with zero attached hydrogens (tertiary/aromatic N) is 3. The van der Waals surface area contributed by atoms with E-state index in [1.807, 2.05) is 23.6 Å². The molecule has 0 aliphatic carbocycles. The van der Waals surface area contributed by atoms with E-state index in [1.165, 1.54) is 0 Å². The largest absolute Gasteiger partial charge is 0.349 e. The lowest BCUT2D eigenvalue weighted by atomic mass is 10.0. The predicted molar refractivity (Wildman–Crippen MR) is 91.7 cm³/mol. The van der Waals surface area contributed by atoms with Gasteiger partial charge in [0.25, 0.3) is 0 Å². The highest BCUT2D eigenvalue weighted by atomic mass is 35.5. The van der Waals surface area contributed by atoms with Crippen LogP contribution in [-0.4, -0.2) is 38.7 Å². The summed E-state index contributed by atoms with van der Waals surface area (Å²) in [6, 6.07) is 3.25. The maximum Gasteiger partial charge on any atom is 0.243 e. The van der Waals surface area contributed by atoms with Gasteiger partial charge in [-0.15, -0.1) is 0 Å². The van der Waals surface area contributed by atoms with Gasteiger partial charge in [-0.2, -0.15) is 0 Å². The molecular weight excluding hydrogens is 328 g/mol. The third-order valence-corrected chi connectivity index (χ3v) is 4.56. The number of carbonyl (C=O) groups excluding carboxylic acids is 2. The van der Waals surface area contributed by atoms with Gasteiger partial charge in [0, 0.05) is 25.4 Å². The summed E-state index contributed by atoms with van der Waals surface area (Å²) in [7, 11) is 0. The van der Waals surface area contributed by atoms with Crippen LogP contribution in [0.15, 0.2) is 24.5 Å². The first-order valence-corrected chi connectivity index (χ1v) is 8.66. The molecule has 24 heavy (non-hydrogen) atoms. The van der Waals surface area contributed by atoms with Crippen LogP contribution in [-0.2, 0) is 16.1 Å². The summed E-state index contributed by atoms with van der Waals surface area (Å²) < 4.78 is 1.83. The van der Waals surface area contributed by atoms with Crippen molar-refractivity contribution in [3.8, 4) is 0 Å². The van der Waals surface area contributed by atoms with Gasteiger partial charge >= 0.3 is 0 Å². The second-order valence-corrected chi connectivity index (χ2v) is 6.45. The molecule has 3 rings (SSSR count). The van der Waals surface area contributed by atoms with E-state index >= 15 is 0 Å². The molecule has 1 fully saturated rings. The van der Waals surface area contributed by atoms with Crippen LogP contribution in [0.3, 0.4) is 0 Å². The molecule has 1 aliphatic rings. The van der Waals surface area contributed by atoms with Crippen molar-refractivity contribution in [1.82, 2.24) is 19.6 Å². The van der Waals surface area contributed by atoms with Crippen LogP contribution in [0.2, 0.25) is 5.02 Å². The third kappa shape index (κ3) is 3.53. The molecule has 0 radical (unpaired) electrons. The van der Waals surface area contributed by atoms with Gasteiger partial charge in [0.15, 0.2) is 0 Å². The molecule has 1 N–H and O–H groups in total. The average Bonchev–Trinajstić information content (AvgIpc) is 3.01. The zero-order valence-corrected chi connectivity index (χ0v) is 14.4. The summed E-state index contributed by atoms with van der Waals surface area (Å²) in [4.78, 5) is 30.7. The van der Waals surface area contributed by atoms with Gasteiger partial charge in [-0.1, -0.05) is 18.5 Å². The Kier molecular flexibility index (Phi) is 5.04. The van der Waals surface area contributed by atoms with Crippen LogP contribution >= 0.6 is 11.6 Å². The Morgan fingerprint density at radius 2 is 2.17 bits per heavy atom. The van der Waals surface area contributed by atoms with Crippen LogP contribution in [0.25, 0.3) is 5.65 Å². The fourth-order valence-corrected chi connectivity index (χ4v) is 3.27. The van der Waals surface area contributed by atoms with E-state index in [-0.39, 0.29) is 17.9 Å². The number of aromatic nitrogens is 2. The molecule has 2 amide bonds. The van der Waals surface area contributed by atoms with E-state index in [1.54, 1.807) is 17.2 Å². The Morgan fingerprint density at radius 3 is 2.96 bits per heavy atom. The minimum Gasteiger partial charge on any atom is -0.349 e. The first kappa shape index (κ1) is 16.8. The summed E-state index contributed by atoms with van der Waals surface area (Å²) >= 11 is 5.96. The zero-order chi connectivity index (χ0) is 17.1. The van der Waals surface area contributed by atoms with Crippen LogP contribution in [0.4, 0.5) is 0 Å². The summed E-state index contributed by atoms with van der Waals surface area (Å²) in [5.74, 6) is -0.0659. The molecule has 3 heterocycles. The monoisotopic (exact) mass is 348 g/mol. The van der Waals surface area contributed by atoms with E-state index in [0.717, 1.165) is 30.6 Å². The molecule has 0 spiro atoms. The molecule has 1 saturated heterocycles. The van der Waals surface area contributed by atoms with Gasteiger partial charge < -0.3 is 14.6 Å². The highest BCUT2D eigenvalue weighted by molar-refractivity contribution is 6.30. The van der Waals surface area contributed by atoms with Crippen molar-refractivity contribution in [1.29, 1.82) is 0 Å². The van der Waals surface area contributed by atoms with E-state index < -0.39 is 0 Å². The van der Waals surface area contributed by atoms with Crippen molar-refractivity contribution < 1.29 is 9.59 Å². The number of likely N-dealkylation sites (tertiary alicyclic amines) is 1. The fourth-order valence-electron chi connectivity index (χ4n) is 3.10. The van der Waals surface area contributed by atoms with Crippen molar-refractivity contribution >= 4 is 29.1 Å². The Hall–Kier alpha value is -2.08. The zero-order valence-electron chi connectivity index (χ0n) is 13.7. The fraction of sp³-hybridized carbons (Fsp3) is 0.471. The van der Waals surface area contributed by atoms with Crippen molar-refractivity contribution in [2.45, 2.75) is 45.2 Å².